The second-order valence-corrected chi connectivity index (χ2v) is 6.11. The summed E-state index contributed by atoms with van der Waals surface area (Å²) < 4.78 is 5.62. The van der Waals surface area contributed by atoms with Gasteiger partial charge >= 0.3 is 0 Å². The molecule has 2 aromatic carbocycles. The van der Waals surface area contributed by atoms with Crippen LogP contribution in [-0.4, -0.2) is 17.6 Å². The van der Waals surface area contributed by atoms with Crippen molar-refractivity contribution >= 4 is 23.2 Å². The average molecular weight is 332 g/mol. The van der Waals surface area contributed by atoms with Crippen LogP contribution < -0.4 is 10.1 Å². The predicted octanol–water partition coefficient (Wildman–Crippen LogP) is 3.80. The molecule has 1 atom stereocenters. The third kappa shape index (κ3) is 4.47. The van der Waals surface area contributed by atoms with Crippen molar-refractivity contribution in [3.63, 3.8) is 0 Å². The van der Waals surface area contributed by atoms with Gasteiger partial charge in [-0.25, -0.2) is 0 Å². The van der Waals surface area contributed by atoms with E-state index in [0.717, 1.165) is 12.8 Å². The van der Waals surface area contributed by atoms with Gasteiger partial charge in [-0.15, -0.1) is 0 Å². The van der Waals surface area contributed by atoms with Gasteiger partial charge < -0.3 is 15.2 Å². The van der Waals surface area contributed by atoms with Gasteiger partial charge in [0.2, 0.25) is 5.91 Å². The molecular formula is C18H18ClNO3. The molecule has 1 unspecified atom stereocenters. The molecule has 3 rings (SSSR count). The first kappa shape index (κ1) is 15.8. The fourth-order valence-electron chi connectivity index (χ4n) is 2.24. The first-order valence-corrected chi connectivity index (χ1v) is 7.97. The van der Waals surface area contributed by atoms with E-state index in [-0.39, 0.29) is 18.4 Å². The summed E-state index contributed by atoms with van der Waals surface area (Å²) in [6, 6.07) is 14.2. The van der Waals surface area contributed by atoms with Gasteiger partial charge in [0.05, 0.1) is 0 Å². The average Bonchev–Trinajstić information content (AvgIpc) is 3.38. The minimum Gasteiger partial charge on any atom is -0.490 e. The normalized spacial score (nSPS) is 15.0. The lowest BCUT2D eigenvalue weighted by Crippen LogP contribution is -2.13. The number of anilines is 1. The number of hydrogen-bond donors (Lipinski definition) is 2. The van der Waals surface area contributed by atoms with Crippen molar-refractivity contribution in [2.45, 2.75) is 18.9 Å². The van der Waals surface area contributed by atoms with Crippen LogP contribution in [-0.2, 0) is 4.79 Å². The smallest absolute Gasteiger partial charge is 0.227 e. The summed E-state index contributed by atoms with van der Waals surface area (Å²) in [5.74, 6) is 0.810. The number of nitrogens with one attached hydrogen (secondary N) is 1. The van der Waals surface area contributed by atoms with Crippen LogP contribution in [0.3, 0.4) is 0 Å². The fourth-order valence-corrected chi connectivity index (χ4v) is 2.44. The Morgan fingerprint density at radius 1 is 1.26 bits per heavy atom. The molecule has 1 aliphatic carbocycles. The number of carbonyl (C=O) groups is 1. The van der Waals surface area contributed by atoms with E-state index in [1.807, 2.05) is 12.1 Å². The van der Waals surface area contributed by atoms with E-state index in [1.165, 1.54) is 0 Å². The van der Waals surface area contributed by atoms with Crippen molar-refractivity contribution in [2.24, 2.45) is 5.92 Å². The third-order valence-corrected chi connectivity index (χ3v) is 3.93. The van der Waals surface area contributed by atoms with Gasteiger partial charge in [0, 0.05) is 22.7 Å². The zero-order valence-electron chi connectivity index (χ0n) is 12.5. The molecule has 0 spiro atoms. The Morgan fingerprint density at radius 2 is 2.04 bits per heavy atom. The van der Waals surface area contributed by atoms with Gasteiger partial charge in [-0.2, -0.15) is 0 Å². The second kappa shape index (κ2) is 7.02. The molecule has 2 N–H and O–H groups in total. The molecule has 0 bridgehead atoms. The first-order chi connectivity index (χ1) is 11.1. The van der Waals surface area contributed by atoms with Crippen molar-refractivity contribution in [3.05, 3.63) is 59.1 Å². The van der Waals surface area contributed by atoms with E-state index in [2.05, 4.69) is 5.32 Å². The zero-order chi connectivity index (χ0) is 16.2. The molecule has 1 fully saturated rings. The number of rotatable bonds is 6. The van der Waals surface area contributed by atoms with Gasteiger partial charge in [0.1, 0.15) is 18.5 Å². The summed E-state index contributed by atoms with van der Waals surface area (Å²) >= 11 is 5.91. The summed E-state index contributed by atoms with van der Waals surface area (Å²) in [4.78, 5) is 11.8. The van der Waals surface area contributed by atoms with Crippen molar-refractivity contribution in [1.82, 2.24) is 0 Å². The van der Waals surface area contributed by atoms with Crippen LogP contribution in [0.2, 0.25) is 5.02 Å². The van der Waals surface area contributed by atoms with Crippen LogP contribution in [0.1, 0.15) is 24.5 Å². The molecular weight excluding hydrogens is 314 g/mol. The topological polar surface area (TPSA) is 58.6 Å². The first-order valence-electron chi connectivity index (χ1n) is 7.59. The van der Waals surface area contributed by atoms with Gasteiger partial charge in [-0.05, 0) is 42.7 Å². The van der Waals surface area contributed by atoms with Crippen LogP contribution in [0.4, 0.5) is 5.69 Å². The van der Waals surface area contributed by atoms with E-state index in [1.54, 1.807) is 36.4 Å². The number of halogens is 1. The molecule has 2 aromatic rings. The molecule has 1 amide bonds. The van der Waals surface area contributed by atoms with Crippen LogP contribution in [0.5, 0.6) is 5.75 Å². The lowest BCUT2D eigenvalue weighted by Gasteiger charge is -2.14. The fraction of sp³-hybridized carbons (Fsp3) is 0.278. The molecule has 0 heterocycles. The van der Waals surface area contributed by atoms with E-state index in [0.29, 0.717) is 22.0 Å². The lowest BCUT2D eigenvalue weighted by atomic mass is 10.1. The van der Waals surface area contributed by atoms with Crippen molar-refractivity contribution in [1.29, 1.82) is 0 Å². The van der Waals surface area contributed by atoms with Gasteiger partial charge in [0.25, 0.3) is 0 Å². The van der Waals surface area contributed by atoms with E-state index in [4.69, 9.17) is 16.3 Å². The van der Waals surface area contributed by atoms with E-state index >= 15 is 0 Å². The number of carbonyl (C=O) groups excluding carboxylic acids is 1. The molecule has 23 heavy (non-hydrogen) atoms. The van der Waals surface area contributed by atoms with Crippen LogP contribution in [0, 0.1) is 5.92 Å². The summed E-state index contributed by atoms with van der Waals surface area (Å²) in [6.07, 6.45) is 1.17. The highest BCUT2D eigenvalue weighted by Crippen LogP contribution is 2.30. The molecule has 1 saturated carbocycles. The molecule has 0 aromatic heterocycles. The lowest BCUT2D eigenvalue weighted by molar-refractivity contribution is -0.117. The Bertz CT molecular complexity index is 700. The summed E-state index contributed by atoms with van der Waals surface area (Å²) in [6.45, 7) is 0.111. The van der Waals surface area contributed by atoms with Crippen molar-refractivity contribution < 1.29 is 14.6 Å². The van der Waals surface area contributed by atoms with Gasteiger partial charge in [0.15, 0.2) is 0 Å². The zero-order valence-corrected chi connectivity index (χ0v) is 13.3. The standard InChI is InChI=1S/C18H18ClNO3/c19-14-4-1-3-13(9-14)17(21)11-23-16-6-2-5-15(10-16)20-18(22)12-7-8-12/h1-6,9-10,12,17,21H,7-8,11H2,(H,20,22). The SMILES string of the molecule is O=C(Nc1cccc(OCC(O)c2cccc(Cl)c2)c1)C1CC1. The quantitative estimate of drug-likeness (QED) is 0.846. The Kier molecular flexibility index (Phi) is 4.84. The molecule has 4 nitrogen and oxygen atoms in total. The predicted molar refractivity (Wildman–Crippen MR) is 89.7 cm³/mol. The maximum atomic E-state index is 11.8. The minimum absolute atomic E-state index is 0.0566. The van der Waals surface area contributed by atoms with Crippen molar-refractivity contribution in [3.8, 4) is 5.75 Å². The van der Waals surface area contributed by atoms with Crippen LogP contribution in [0.25, 0.3) is 0 Å². The molecule has 0 radical (unpaired) electrons. The van der Waals surface area contributed by atoms with Gasteiger partial charge in [-0.3, -0.25) is 4.79 Å². The monoisotopic (exact) mass is 331 g/mol. The molecule has 0 saturated heterocycles. The highest BCUT2D eigenvalue weighted by Gasteiger charge is 2.29. The molecule has 5 heteroatoms. The molecule has 120 valence electrons. The maximum Gasteiger partial charge on any atom is 0.227 e. The second-order valence-electron chi connectivity index (χ2n) is 5.67. The number of ether oxygens (including phenoxy) is 1. The summed E-state index contributed by atoms with van der Waals surface area (Å²) in [5, 5.41) is 13.6. The Balaban J connectivity index is 1.58. The van der Waals surface area contributed by atoms with Crippen molar-refractivity contribution in [2.75, 3.05) is 11.9 Å². The number of aliphatic hydroxyl groups is 1. The van der Waals surface area contributed by atoms with E-state index in [9.17, 15) is 9.90 Å². The molecule has 0 aliphatic heterocycles. The molecule has 1 aliphatic rings. The highest BCUT2D eigenvalue weighted by atomic mass is 35.5. The highest BCUT2D eigenvalue weighted by molar-refractivity contribution is 6.30. The summed E-state index contributed by atoms with van der Waals surface area (Å²) in [5.41, 5.74) is 1.41. The largest absolute Gasteiger partial charge is 0.490 e. The minimum atomic E-state index is -0.765. The van der Waals surface area contributed by atoms with E-state index < -0.39 is 6.10 Å². The Hall–Kier alpha value is -2.04. The number of aliphatic hydroxyl groups excluding tert-OH is 1. The Labute approximate surface area is 140 Å². The number of hydrogen-bond acceptors (Lipinski definition) is 3. The summed E-state index contributed by atoms with van der Waals surface area (Å²) in [7, 11) is 0. The van der Waals surface area contributed by atoms with Crippen LogP contribution in [0.15, 0.2) is 48.5 Å². The van der Waals surface area contributed by atoms with Crippen LogP contribution >= 0.6 is 11.6 Å². The van der Waals surface area contributed by atoms with Gasteiger partial charge in [-0.1, -0.05) is 29.8 Å². The number of amides is 1. The third-order valence-electron chi connectivity index (χ3n) is 3.69. The maximum absolute atomic E-state index is 11.8. The Morgan fingerprint density at radius 3 is 2.78 bits per heavy atom. The number of benzene rings is 2.